The van der Waals surface area contributed by atoms with Crippen molar-refractivity contribution in [1.82, 2.24) is 0 Å². The molecule has 0 bridgehead atoms. The smallest absolute Gasteiger partial charge is 0.123 e. The largest absolute Gasteiger partial charge is 0.234 e. The highest BCUT2D eigenvalue weighted by atomic mass is 16.1. The van der Waals surface area contributed by atoms with E-state index >= 15 is 0 Å². The quantitative estimate of drug-likeness (QED) is 0.427. The number of aryl methyl sites for hydroxylation is 1. The van der Waals surface area contributed by atoms with Crippen LogP contribution in [0.2, 0.25) is 0 Å². The summed E-state index contributed by atoms with van der Waals surface area (Å²) in [6.07, 6.45) is 25.9. The van der Waals surface area contributed by atoms with Crippen LogP contribution in [0.4, 0.5) is 0 Å². The van der Waals surface area contributed by atoms with Gasteiger partial charge in [-0.05, 0) is 97.3 Å². The number of rotatable bonds is 5. The molecule has 0 saturated heterocycles. The summed E-state index contributed by atoms with van der Waals surface area (Å²) in [4.78, 5) is 11.0. The second-order valence-corrected chi connectivity index (χ2v) is 9.58. The van der Waals surface area contributed by atoms with Gasteiger partial charge < -0.3 is 0 Å². The first-order chi connectivity index (χ1) is 16.0. The average molecular weight is 435 g/mol. The van der Waals surface area contributed by atoms with Gasteiger partial charge in [0.2, 0.25) is 0 Å². The SMILES string of the molecule is CC(=C=O)CC1C=CC(C2=CC(C3=CC=CCCCC=C3)=C(c3ccc(C)cc3)C2)=CC1C. The van der Waals surface area contributed by atoms with Crippen molar-refractivity contribution in [2.24, 2.45) is 11.8 Å². The first-order valence-corrected chi connectivity index (χ1v) is 12.2. The molecule has 0 heterocycles. The Balaban J connectivity index is 1.68. The predicted octanol–water partition coefficient (Wildman–Crippen LogP) is 8.22. The molecule has 0 radical (unpaired) electrons. The lowest BCUT2D eigenvalue weighted by Crippen LogP contribution is -2.12. The molecule has 2 unspecified atom stereocenters. The molecule has 2 atom stereocenters. The van der Waals surface area contributed by atoms with Crippen molar-refractivity contribution in [3.05, 3.63) is 118 Å². The van der Waals surface area contributed by atoms with Crippen LogP contribution in [0.25, 0.3) is 5.57 Å². The van der Waals surface area contributed by atoms with Gasteiger partial charge >= 0.3 is 0 Å². The van der Waals surface area contributed by atoms with Gasteiger partial charge in [-0.2, -0.15) is 0 Å². The minimum Gasteiger partial charge on any atom is -0.234 e. The minimum absolute atomic E-state index is 0.367. The van der Waals surface area contributed by atoms with E-state index in [-0.39, 0.29) is 0 Å². The molecule has 0 saturated carbocycles. The van der Waals surface area contributed by atoms with Crippen molar-refractivity contribution in [1.29, 1.82) is 0 Å². The fraction of sp³-hybridized carbons (Fsp3) is 0.312. The minimum atomic E-state index is 0.367. The zero-order chi connectivity index (χ0) is 23.2. The first kappa shape index (κ1) is 23.0. The van der Waals surface area contributed by atoms with E-state index in [1.165, 1.54) is 45.4 Å². The fourth-order valence-corrected chi connectivity index (χ4v) is 4.85. The molecule has 0 aliphatic heterocycles. The third kappa shape index (κ3) is 5.62. The molecule has 0 fully saturated rings. The Morgan fingerprint density at radius 1 is 1.06 bits per heavy atom. The molecule has 1 nitrogen and oxygen atoms in total. The number of carbonyl (C=O) groups excluding carboxylic acids is 1. The lowest BCUT2D eigenvalue weighted by atomic mass is 9.81. The van der Waals surface area contributed by atoms with Crippen LogP contribution in [0.1, 0.15) is 57.1 Å². The van der Waals surface area contributed by atoms with Crippen LogP contribution in [0.15, 0.2) is 107 Å². The van der Waals surface area contributed by atoms with Gasteiger partial charge in [0.1, 0.15) is 5.94 Å². The summed E-state index contributed by atoms with van der Waals surface area (Å²) in [5, 5.41) is 0. The van der Waals surface area contributed by atoms with Gasteiger partial charge in [0.05, 0.1) is 0 Å². The van der Waals surface area contributed by atoms with Crippen LogP contribution in [0, 0.1) is 18.8 Å². The van der Waals surface area contributed by atoms with Gasteiger partial charge in [-0.25, -0.2) is 4.79 Å². The predicted molar refractivity (Wildman–Crippen MR) is 140 cm³/mol. The van der Waals surface area contributed by atoms with Gasteiger partial charge in [0.15, 0.2) is 0 Å². The Morgan fingerprint density at radius 2 is 1.85 bits per heavy atom. The maximum absolute atomic E-state index is 11.0. The van der Waals surface area contributed by atoms with E-state index in [0.29, 0.717) is 11.8 Å². The molecule has 3 aliphatic rings. The summed E-state index contributed by atoms with van der Waals surface area (Å²) in [6.45, 7) is 6.28. The first-order valence-electron chi connectivity index (χ1n) is 12.2. The molecule has 1 heteroatoms. The lowest BCUT2D eigenvalue weighted by molar-refractivity contribution is 0.497. The Bertz CT molecular complexity index is 1150. The summed E-state index contributed by atoms with van der Waals surface area (Å²) in [5.74, 6) is 2.82. The summed E-state index contributed by atoms with van der Waals surface area (Å²) in [7, 11) is 0. The molecule has 0 amide bonds. The van der Waals surface area contributed by atoms with Crippen molar-refractivity contribution in [2.75, 3.05) is 0 Å². The Kier molecular flexibility index (Phi) is 7.43. The van der Waals surface area contributed by atoms with Crippen LogP contribution in [-0.2, 0) is 4.79 Å². The third-order valence-corrected chi connectivity index (χ3v) is 6.90. The van der Waals surface area contributed by atoms with Crippen LogP contribution < -0.4 is 0 Å². The summed E-state index contributed by atoms with van der Waals surface area (Å²) < 4.78 is 0. The number of hydrogen-bond acceptors (Lipinski definition) is 1. The Labute approximate surface area is 199 Å². The van der Waals surface area contributed by atoms with Gasteiger partial charge in [0.25, 0.3) is 0 Å². The third-order valence-electron chi connectivity index (χ3n) is 6.90. The second-order valence-electron chi connectivity index (χ2n) is 9.58. The van der Waals surface area contributed by atoms with E-state index < -0.39 is 0 Å². The zero-order valence-electron chi connectivity index (χ0n) is 20.1. The number of allylic oxidation sites excluding steroid dienone is 15. The van der Waals surface area contributed by atoms with Gasteiger partial charge in [0, 0.05) is 5.57 Å². The average Bonchev–Trinajstić information content (AvgIpc) is 3.30. The van der Waals surface area contributed by atoms with Gasteiger partial charge in [-0.3, -0.25) is 0 Å². The molecule has 3 aliphatic carbocycles. The fourth-order valence-electron chi connectivity index (χ4n) is 4.85. The highest BCUT2D eigenvalue weighted by molar-refractivity contribution is 5.83. The molecule has 0 aromatic heterocycles. The highest BCUT2D eigenvalue weighted by Crippen LogP contribution is 2.42. The van der Waals surface area contributed by atoms with Gasteiger partial charge in [-0.1, -0.05) is 85.4 Å². The van der Waals surface area contributed by atoms with Crippen LogP contribution in [0.5, 0.6) is 0 Å². The maximum Gasteiger partial charge on any atom is 0.123 e. The Morgan fingerprint density at radius 3 is 2.61 bits per heavy atom. The van der Waals surface area contributed by atoms with E-state index in [2.05, 4.69) is 98.7 Å². The van der Waals surface area contributed by atoms with Gasteiger partial charge in [-0.15, -0.1) is 0 Å². The standard InChI is InChI=1S/C32H34O/c1-23-12-14-27(15-13-23)32-21-30(20-31(32)26-10-8-6-4-5-7-9-11-26)29-17-16-28(25(3)19-29)18-24(2)22-33/h6,8-17,19-20,25,28H,4-5,7,18,21H2,1-3H3. The van der Waals surface area contributed by atoms with E-state index in [1.54, 1.807) is 0 Å². The molecule has 4 rings (SSSR count). The zero-order valence-corrected chi connectivity index (χ0v) is 20.1. The molecule has 0 spiro atoms. The molecule has 1 aromatic rings. The summed E-state index contributed by atoms with van der Waals surface area (Å²) >= 11 is 0. The highest BCUT2D eigenvalue weighted by Gasteiger charge is 2.24. The lowest BCUT2D eigenvalue weighted by Gasteiger charge is -2.23. The van der Waals surface area contributed by atoms with Crippen molar-refractivity contribution in [3.8, 4) is 0 Å². The van der Waals surface area contributed by atoms with Crippen molar-refractivity contribution in [3.63, 3.8) is 0 Å². The molecular weight excluding hydrogens is 400 g/mol. The molecule has 0 N–H and O–H groups in total. The van der Waals surface area contributed by atoms with Crippen molar-refractivity contribution >= 4 is 11.5 Å². The van der Waals surface area contributed by atoms with E-state index in [1.807, 2.05) is 6.92 Å². The summed E-state index contributed by atoms with van der Waals surface area (Å²) in [5.41, 5.74) is 10.1. The van der Waals surface area contributed by atoms with Crippen molar-refractivity contribution < 1.29 is 4.79 Å². The number of hydrogen-bond donors (Lipinski definition) is 0. The maximum atomic E-state index is 11.0. The molecule has 168 valence electrons. The van der Waals surface area contributed by atoms with Crippen LogP contribution in [0.3, 0.4) is 0 Å². The Hall–Kier alpha value is -3.15. The van der Waals surface area contributed by atoms with E-state index in [9.17, 15) is 4.79 Å². The monoisotopic (exact) mass is 434 g/mol. The number of benzene rings is 1. The second kappa shape index (κ2) is 10.6. The summed E-state index contributed by atoms with van der Waals surface area (Å²) in [6, 6.07) is 8.94. The van der Waals surface area contributed by atoms with E-state index in [4.69, 9.17) is 0 Å². The van der Waals surface area contributed by atoms with E-state index in [0.717, 1.165) is 31.3 Å². The molecular formula is C32H34O. The van der Waals surface area contributed by atoms with Crippen LogP contribution >= 0.6 is 0 Å². The normalized spacial score (nSPS) is 22.7. The topological polar surface area (TPSA) is 17.1 Å². The molecule has 1 aromatic carbocycles. The molecule has 33 heavy (non-hydrogen) atoms. The van der Waals surface area contributed by atoms with Crippen LogP contribution in [-0.4, -0.2) is 5.94 Å². The van der Waals surface area contributed by atoms with Crippen molar-refractivity contribution in [2.45, 2.75) is 52.9 Å².